The van der Waals surface area contributed by atoms with Crippen molar-refractivity contribution in [3.63, 3.8) is 0 Å². The van der Waals surface area contributed by atoms with E-state index in [1.807, 2.05) is 0 Å². The highest BCUT2D eigenvalue weighted by Gasteiger charge is 2.23. The van der Waals surface area contributed by atoms with E-state index in [9.17, 15) is 9.59 Å². The lowest BCUT2D eigenvalue weighted by Gasteiger charge is -2.30. The Morgan fingerprint density at radius 3 is 2.58 bits per heavy atom. The zero-order valence-electron chi connectivity index (χ0n) is 11.4. The maximum absolute atomic E-state index is 12.2. The van der Waals surface area contributed by atoms with Crippen LogP contribution in [0.5, 0.6) is 0 Å². The van der Waals surface area contributed by atoms with Crippen LogP contribution >= 0.6 is 0 Å². The van der Waals surface area contributed by atoms with Crippen LogP contribution in [0.3, 0.4) is 0 Å². The number of carboxylic acid groups (broad SMARTS) is 1. The van der Waals surface area contributed by atoms with Crippen molar-refractivity contribution in [2.75, 3.05) is 39.9 Å². The summed E-state index contributed by atoms with van der Waals surface area (Å²) in [4.78, 5) is 25.7. The predicted octanol–water partition coefficient (Wildman–Crippen LogP) is 1.04. The van der Waals surface area contributed by atoms with Gasteiger partial charge in [0.1, 0.15) is 6.54 Å². The lowest BCUT2D eigenvalue weighted by Crippen LogP contribution is -2.45. The lowest BCUT2D eigenvalue weighted by atomic mass is 10.00. The Morgan fingerprint density at radius 1 is 1.42 bits per heavy atom. The molecule has 1 aliphatic heterocycles. The van der Waals surface area contributed by atoms with Crippen LogP contribution in [0.4, 0.5) is 4.79 Å². The molecule has 0 bridgehead atoms. The molecule has 6 nitrogen and oxygen atoms in total. The van der Waals surface area contributed by atoms with Crippen molar-refractivity contribution in [3.05, 3.63) is 12.7 Å². The molecule has 1 saturated heterocycles. The lowest BCUT2D eigenvalue weighted by molar-refractivity contribution is -0.137. The maximum Gasteiger partial charge on any atom is 0.323 e. The van der Waals surface area contributed by atoms with Crippen LogP contribution in [0, 0.1) is 5.92 Å². The van der Waals surface area contributed by atoms with Crippen LogP contribution in [0.2, 0.25) is 0 Å². The van der Waals surface area contributed by atoms with Crippen molar-refractivity contribution >= 4 is 12.0 Å². The minimum absolute atomic E-state index is 0.239. The molecule has 0 aromatic carbocycles. The smallest absolute Gasteiger partial charge is 0.323 e. The first-order valence-electron chi connectivity index (χ1n) is 6.45. The van der Waals surface area contributed by atoms with E-state index in [1.54, 1.807) is 11.9 Å². The molecule has 1 fully saturated rings. The third kappa shape index (κ3) is 5.30. The van der Waals surface area contributed by atoms with Crippen molar-refractivity contribution in [3.8, 4) is 0 Å². The number of rotatable bonds is 6. The quantitative estimate of drug-likeness (QED) is 0.732. The molecular weight excluding hydrogens is 248 g/mol. The second-order valence-electron chi connectivity index (χ2n) is 4.78. The molecule has 1 rings (SSSR count). The van der Waals surface area contributed by atoms with E-state index in [1.165, 1.54) is 11.0 Å². The summed E-state index contributed by atoms with van der Waals surface area (Å²) in [6, 6.07) is -0.270. The van der Waals surface area contributed by atoms with Gasteiger partial charge in [-0.25, -0.2) is 4.79 Å². The van der Waals surface area contributed by atoms with Gasteiger partial charge in [0.05, 0.1) is 0 Å². The summed E-state index contributed by atoms with van der Waals surface area (Å²) < 4.78 is 5.28. The van der Waals surface area contributed by atoms with Crippen molar-refractivity contribution < 1.29 is 19.4 Å². The Balaban J connectivity index is 2.51. The normalized spacial score (nSPS) is 15.8. The summed E-state index contributed by atoms with van der Waals surface area (Å²) in [5.41, 5.74) is 0. The molecule has 1 heterocycles. The van der Waals surface area contributed by atoms with E-state index in [2.05, 4.69) is 6.58 Å². The third-order valence-corrected chi connectivity index (χ3v) is 3.15. The minimum atomic E-state index is -1.02. The second kappa shape index (κ2) is 7.78. The topological polar surface area (TPSA) is 70.1 Å². The molecule has 6 heteroatoms. The molecule has 0 radical (unpaired) electrons. The van der Waals surface area contributed by atoms with Crippen molar-refractivity contribution in [2.45, 2.75) is 12.8 Å². The van der Waals surface area contributed by atoms with E-state index in [0.29, 0.717) is 12.5 Å². The average molecular weight is 270 g/mol. The third-order valence-electron chi connectivity index (χ3n) is 3.15. The van der Waals surface area contributed by atoms with Gasteiger partial charge in [0.15, 0.2) is 0 Å². The molecule has 108 valence electrons. The number of ether oxygens (including phenoxy) is 1. The monoisotopic (exact) mass is 270 g/mol. The first-order chi connectivity index (χ1) is 9.04. The summed E-state index contributed by atoms with van der Waals surface area (Å²) in [6.45, 7) is 5.58. The fourth-order valence-electron chi connectivity index (χ4n) is 2.17. The van der Waals surface area contributed by atoms with Gasteiger partial charge in [0, 0.05) is 33.4 Å². The molecule has 0 atom stereocenters. The van der Waals surface area contributed by atoms with Crippen LogP contribution in [0.15, 0.2) is 12.7 Å². The summed E-state index contributed by atoms with van der Waals surface area (Å²) in [5.74, 6) is -0.590. The van der Waals surface area contributed by atoms with Crippen molar-refractivity contribution in [1.82, 2.24) is 9.80 Å². The number of carboxylic acids is 1. The van der Waals surface area contributed by atoms with E-state index in [0.717, 1.165) is 26.1 Å². The largest absolute Gasteiger partial charge is 0.480 e. The average Bonchev–Trinajstić information content (AvgIpc) is 2.38. The highest BCUT2D eigenvalue weighted by Crippen LogP contribution is 2.16. The van der Waals surface area contributed by atoms with Crippen LogP contribution in [0.1, 0.15) is 12.8 Å². The Morgan fingerprint density at radius 2 is 2.05 bits per heavy atom. The van der Waals surface area contributed by atoms with Gasteiger partial charge in [-0.1, -0.05) is 6.08 Å². The van der Waals surface area contributed by atoms with E-state index < -0.39 is 5.97 Å². The molecular formula is C13H22N2O4. The molecule has 0 aliphatic carbocycles. The SMILES string of the molecule is C=CCN(CC(=O)O)C(=O)N(C)CC1CCOCC1. The van der Waals surface area contributed by atoms with Crippen LogP contribution < -0.4 is 0 Å². The number of hydrogen-bond acceptors (Lipinski definition) is 3. The molecule has 0 unspecified atom stereocenters. The summed E-state index contributed by atoms with van der Waals surface area (Å²) in [6.07, 6.45) is 3.42. The van der Waals surface area contributed by atoms with Gasteiger partial charge < -0.3 is 19.6 Å². The van der Waals surface area contributed by atoms with Crippen molar-refractivity contribution in [2.24, 2.45) is 5.92 Å². The molecule has 2 amide bonds. The minimum Gasteiger partial charge on any atom is -0.480 e. The maximum atomic E-state index is 12.2. The van der Waals surface area contributed by atoms with Gasteiger partial charge >= 0.3 is 12.0 Å². The zero-order chi connectivity index (χ0) is 14.3. The molecule has 19 heavy (non-hydrogen) atoms. The van der Waals surface area contributed by atoms with Crippen LogP contribution in [-0.4, -0.2) is 66.8 Å². The molecule has 1 N–H and O–H groups in total. The van der Waals surface area contributed by atoms with Crippen LogP contribution in [-0.2, 0) is 9.53 Å². The molecule has 0 saturated carbocycles. The zero-order valence-corrected chi connectivity index (χ0v) is 11.4. The molecule has 0 aromatic heterocycles. The van der Waals surface area contributed by atoms with Crippen molar-refractivity contribution in [1.29, 1.82) is 0 Å². The van der Waals surface area contributed by atoms with Gasteiger partial charge in [-0.2, -0.15) is 0 Å². The first-order valence-corrected chi connectivity index (χ1v) is 6.45. The van der Waals surface area contributed by atoms with E-state index in [-0.39, 0.29) is 19.1 Å². The fourth-order valence-corrected chi connectivity index (χ4v) is 2.17. The predicted molar refractivity (Wildman–Crippen MR) is 71.0 cm³/mol. The summed E-state index contributed by atoms with van der Waals surface area (Å²) in [7, 11) is 1.70. The van der Waals surface area contributed by atoms with E-state index in [4.69, 9.17) is 9.84 Å². The number of carbonyl (C=O) groups excluding carboxylic acids is 1. The fraction of sp³-hybridized carbons (Fsp3) is 0.692. The Hall–Kier alpha value is -1.56. The van der Waals surface area contributed by atoms with E-state index >= 15 is 0 Å². The first kappa shape index (κ1) is 15.5. The molecule has 1 aliphatic rings. The van der Waals surface area contributed by atoms with Gasteiger partial charge in [0.25, 0.3) is 0 Å². The molecule has 0 spiro atoms. The Labute approximate surface area is 113 Å². The highest BCUT2D eigenvalue weighted by atomic mass is 16.5. The summed E-state index contributed by atoms with van der Waals surface area (Å²) in [5, 5.41) is 8.80. The number of aliphatic carboxylic acids is 1. The summed E-state index contributed by atoms with van der Waals surface area (Å²) >= 11 is 0. The number of urea groups is 1. The number of amides is 2. The number of nitrogens with zero attached hydrogens (tertiary/aromatic N) is 2. The Bertz CT molecular complexity index is 327. The number of hydrogen-bond donors (Lipinski definition) is 1. The molecule has 0 aromatic rings. The van der Waals surface area contributed by atoms with Crippen LogP contribution in [0.25, 0.3) is 0 Å². The number of carbonyl (C=O) groups is 2. The Kier molecular flexibility index (Phi) is 6.35. The van der Waals surface area contributed by atoms with Gasteiger partial charge in [-0.3, -0.25) is 4.79 Å². The highest BCUT2D eigenvalue weighted by molar-refractivity contribution is 5.80. The van der Waals surface area contributed by atoms with Gasteiger partial charge in [0.2, 0.25) is 0 Å². The van der Waals surface area contributed by atoms with Gasteiger partial charge in [-0.05, 0) is 18.8 Å². The van der Waals surface area contributed by atoms with Gasteiger partial charge in [-0.15, -0.1) is 6.58 Å². The second-order valence-corrected chi connectivity index (χ2v) is 4.78. The standard InChI is InChI=1S/C13H22N2O4/c1-3-6-15(10-12(16)17)13(18)14(2)9-11-4-7-19-8-5-11/h3,11H,1,4-10H2,2H3,(H,16,17).